The lowest BCUT2D eigenvalue weighted by molar-refractivity contribution is 0.145. The summed E-state index contributed by atoms with van der Waals surface area (Å²) in [6, 6.07) is 2.35. The summed E-state index contributed by atoms with van der Waals surface area (Å²) in [5.74, 6) is 0. The SMILES string of the molecule is CCN(CCO)C(c1cc(Br)cs1)C(C)N. The number of aliphatic hydroxyl groups is 1. The van der Waals surface area contributed by atoms with Crippen molar-refractivity contribution in [3.63, 3.8) is 0 Å². The molecule has 0 aliphatic carbocycles. The molecule has 16 heavy (non-hydrogen) atoms. The highest BCUT2D eigenvalue weighted by molar-refractivity contribution is 9.10. The van der Waals surface area contributed by atoms with Crippen molar-refractivity contribution < 1.29 is 5.11 Å². The number of hydrogen-bond donors (Lipinski definition) is 2. The smallest absolute Gasteiger partial charge is 0.0591 e. The molecule has 2 unspecified atom stereocenters. The highest BCUT2D eigenvalue weighted by Gasteiger charge is 2.23. The molecule has 0 aliphatic heterocycles. The molecule has 92 valence electrons. The standard InChI is InChI=1S/C11H19BrN2OS/c1-3-14(4-5-15)11(8(2)13)10-6-9(12)7-16-10/h6-8,11,15H,3-5,13H2,1-2H3. The predicted octanol–water partition coefficient (Wildman–Crippen LogP) is 2.21. The molecule has 0 aliphatic rings. The Bertz CT molecular complexity index is 317. The van der Waals surface area contributed by atoms with Crippen LogP contribution >= 0.6 is 27.3 Å². The summed E-state index contributed by atoms with van der Waals surface area (Å²) in [4.78, 5) is 3.46. The minimum absolute atomic E-state index is 0.0528. The molecule has 0 spiro atoms. The number of nitrogens with zero attached hydrogens (tertiary/aromatic N) is 1. The Hall–Kier alpha value is 0.0600. The molecule has 0 bridgehead atoms. The van der Waals surface area contributed by atoms with E-state index in [0.29, 0.717) is 6.54 Å². The zero-order valence-electron chi connectivity index (χ0n) is 9.69. The van der Waals surface area contributed by atoms with Crippen LogP contribution in [0, 0.1) is 0 Å². The van der Waals surface area contributed by atoms with E-state index >= 15 is 0 Å². The number of hydrogen-bond acceptors (Lipinski definition) is 4. The van der Waals surface area contributed by atoms with Crippen LogP contribution in [0.2, 0.25) is 0 Å². The second-order valence-electron chi connectivity index (χ2n) is 3.82. The molecule has 0 amide bonds. The quantitative estimate of drug-likeness (QED) is 0.847. The summed E-state index contributed by atoms with van der Waals surface area (Å²) >= 11 is 5.17. The van der Waals surface area contributed by atoms with Crippen molar-refractivity contribution in [1.82, 2.24) is 4.90 Å². The zero-order chi connectivity index (χ0) is 12.1. The Morgan fingerprint density at radius 2 is 2.31 bits per heavy atom. The molecule has 3 nitrogen and oxygen atoms in total. The van der Waals surface area contributed by atoms with Crippen molar-refractivity contribution in [3.05, 3.63) is 20.8 Å². The Kier molecular flexibility index (Phi) is 5.92. The molecule has 0 saturated carbocycles. The van der Waals surface area contributed by atoms with E-state index in [-0.39, 0.29) is 18.7 Å². The number of nitrogens with two attached hydrogens (primary N) is 1. The number of rotatable bonds is 6. The summed E-state index contributed by atoms with van der Waals surface area (Å²) in [6.45, 7) is 5.83. The number of thiophene rings is 1. The van der Waals surface area contributed by atoms with Gasteiger partial charge in [-0.3, -0.25) is 4.90 Å². The molecule has 0 radical (unpaired) electrons. The van der Waals surface area contributed by atoms with Crippen molar-refractivity contribution in [2.24, 2.45) is 5.73 Å². The molecular weight excluding hydrogens is 288 g/mol. The molecule has 0 fully saturated rings. The van der Waals surface area contributed by atoms with Crippen LogP contribution < -0.4 is 5.73 Å². The van der Waals surface area contributed by atoms with Gasteiger partial charge in [0.25, 0.3) is 0 Å². The summed E-state index contributed by atoms with van der Waals surface area (Å²) in [5.41, 5.74) is 6.05. The highest BCUT2D eigenvalue weighted by Crippen LogP contribution is 2.31. The predicted molar refractivity (Wildman–Crippen MR) is 72.7 cm³/mol. The normalized spacial score (nSPS) is 15.4. The number of aliphatic hydroxyl groups excluding tert-OH is 1. The Labute approximate surface area is 109 Å². The van der Waals surface area contributed by atoms with Gasteiger partial charge >= 0.3 is 0 Å². The van der Waals surface area contributed by atoms with E-state index in [1.54, 1.807) is 11.3 Å². The molecule has 1 heterocycles. The van der Waals surface area contributed by atoms with Gasteiger partial charge in [-0.1, -0.05) is 6.92 Å². The summed E-state index contributed by atoms with van der Waals surface area (Å²) in [5, 5.41) is 11.1. The van der Waals surface area contributed by atoms with Crippen molar-refractivity contribution >= 4 is 27.3 Å². The van der Waals surface area contributed by atoms with E-state index in [9.17, 15) is 0 Å². The van der Waals surface area contributed by atoms with E-state index < -0.39 is 0 Å². The third-order valence-corrected chi connectivity index (χ3v) is 4.33. The molecule has 0 aromatic carbocycles. The van der Waals surface area contributed by atoms with Crippen LogP contribution in [0.1, 0.15) is 24.8 Å². The Morgan fingerprint density at radius 3 is 2.69 bits per heavy atom. The first kappa shape index (κ1) is 14.1. The minimum Gasteiger partial charge on any atom is -0.395 e. The first-order valence-electron chi connectivity index (χ1n) is 5.44. The first-order chi connectivity index (χ1) is 7.60. The number of halogens is 1. The fraction of sp³-hybridized carbons (Fsp3) is 0.636. The van der Waals surface area contributed by atoms with Crippen molar-refractivity contribution in [1.29, 1.82) is 0 Å². The van der Waals surface area contributed by atoms with E-state index in [1.807, 2.05) is 6.92 Å². The maximum absolute atomic E-state index is 9.06. The average Bonchev–Trinajstić information content (AvgIpc) is 2.63. The average molecular weight is 307 g/mol. The molecule has 0 saturated heterocycles. The lowest BCUT2D eigenvalue weighted by atomic mass is 10.1. The third-order valence-electron chi connectivity index (χ3n) is 2.56. The summed E-state index contributed by atoms with van der Waals surface area (Å²) < 4.78 is 1.10. The minimum atomic E-state index is 0.0528. The number of likely N-dealkylation sites (N-methyl/N-ethyl adjacent to an activating group) is 1. The molecule has 2 atom stereocenters. The summed E-state index contributed by atoms with van der Waals surface area (Å²) in [6.07, 6.45) is 0. The fourth-order valence-corrected chi connectivity index (χ4v) is 3.57. The summed E-state index contributed by atoms with van der Waals surface area (Å²) in [7, 11) is 0. The van der Waals surface area contributed by atoms with Crippen LogP contribution in [0.3, 0.4) is 0 Å². The van der Waals surface area contributed by atoms with Gasteiger partial charge in [-0.05, 0) is 35.5 Å². The third kappa shape index (κ3) is 3.53. The van der Waals surface area contributed by atoms with Crippen LogP contribution in [0.4, 0.5) is 0 Å². The van der Waals surface area contributed by atoms with E-state index in [2.05, 4.69) is 39.2 Å². The van der Waals surface area contributed by atoms with Gasteiger partial charge in [0.05, 0.1) is 12.6 Å². The second-order valence-corrected chi connectivity index (χ2v) is 5.68. The van der Waals surface area contributed by atoms with E-state index in [1.165, 1.54) is 4.88 Å². The molecular formula is C11H19BrN2OS. The molecule has 3 N–H and O–H groups in total. The van der Waals surface area contributed by atoms with Crippen molar-refractivity contribution in [3.8, 4) is 0 Å². The van der Waals surface area contributed by atoms with Gasteiger partial charge in [-0.25, -0.2) is 0 Å². The Balaban J connectivity index is 2.89. The van der Waals surface area contributed by atoms with Crippen LogP contribution in [0.5, 0.6) is 0 Å². The maximum Gasteiger partial charge on any atom is 0.0591 e. The molecule has 1 aromatic rings. The van der Waals surface area contributed by atoms with Gasteiger partial charge in [-0.2, -0.15) is 0 Å². The second kappa shape index (κ2) is 6.71. The van der Waals surface area contributed by atoms with Gasteiger partial charge in [-0.15, -0.1) is 11.3 Å². The van der Waals surface area contributed by atoms with Gasteiger partial charge < -0.3 is 10.8 Å². The topological polar surface area (TPSA) is 49.5 Å². The fourth-order valence-electron chi connectivity index (χ4n) is 1.88. The molecule has 1 aromatic heterocycles. The van der Waals surface area contributed by atoms with Crippen molar-refractivity contribution in [2.75, 3.05) is 19.7 Å². The molecule has 5 heteroatoms. The first-order valence-corrected chi connectivity index (χ1v) is 7.11. The largest absolute Gasteiger partial charge is 0.395 e. The zero-order valence-corrected chi connectivity index (χ0v) is 12.1. The monoisotopic (exact) mass is 306 g/mol. The van der Waals surface area contributed by atoms with Crippen molar-refractivity contribution in [2.45, 2.75) is 25.9 Å². The van der Waals surface area contributed by atoms with Crippen LogP contribution in [-0.2, 0) is 0 Å². The molecule has 1 rings (SSSR count). The van der Waals surface area contributed by atoms with E-state index in [4.69, 9.17) is 10.8 Å². The van der Waals surface area contributed by atoms with Gasteiger partial charge in [0.15, 0.2) is 0 Å². The lowest BCUT2D eigenvalue weighted by Crippen LogP contribution is -2.40. The maximum atomic E-state index is 9.06. The van der Waals surface area contributed by atoms with Crippen LogP contribution in [-0.4, -0.2) is 35.7 Å². The van der Waals surface area contributed by atoms with Gasteiger partial charge in [0.2, 0.25) is 0 Å². The van der Waals surface area contributed by atoms with Gasteiger partial charge in [0.1, 0.15) is 0 Å². The Morgan fingerprint density at radius 1 is 1.62 bits per heavy atom. The van der Waals surface area contributed by atoms with Crippen LogP contribution in [0.25, 0.3) is 0 Å². The van der Waals surface area contributed by atoms with Crippen LogP contribution in [0.15, 0.2) is 15.9 Å². The van der Waals surface area contributed by atoms with Gasteiger partial charge in [0, 0.05) is 27.3 Å². The lowest BCUT2D eigenvalue weighted by Gasteiger charge is -2.32. The van der Waals surface area contributed by atoms with E-state index in [0.717, 1.165) is 11.0 Å². The highest BCUT2D eigenvalue weighted by atomic mass is 79.9.